The van der Waals surface area contributed by atoms with Crippen LogP contribution >= 0.6 is 0 Å². The fourth-order valence-electron chi connectivity index (χ4n) is 5.21. The van der Waals surface area contributed by atoms with Crippen molar-refractivity contribution < 1.29 is 19.1 Å². The van der Waals surface area contributed by atoms with Crippen molar-refractivity contribution in [1.29, 1.82) is 0 Å². The molecule has 0 aliphatic carbocycles. The summed E-state index contributed by atoms with van der Waals surface area (Å²) in [5.41, 5.74) is 0.571. The first-order chi connectivity index (χ1) is 15.8. The highest BCUT2D eigenvalue weighted by Gasteiger charge is 2.54. The highest BCUT2D eigenvalue weighted by Crippen LogP contribution is 2.41. The molecule has 182 valence electrons. The van der Waals surface area contributed by atoms with Crippen molar-refractivity contribution in [3.63, 3.8) is 0 Å². The van der Waals surface area contributed by atoms with Crippen LogP contribution in [0, 0.1) is 6.92 Å². The second-order valence-electron chi connectivity index (χ2n) is 9.64. The molecule has 2 fully saturated rings. The van der Waals surface area contributed by atoms with Crippen LogP contribution in [-0.4, -0.2) is 85.4 Å². The zero-order valence-electron chi connectivity index (χ0n) is 20.6. The molecule has 2 heterocycles. The molecular weight excluding hydrogens is 418 g/mol. The summed E-state index contributed by atoms with van der Waals surface area (Å²) >= 11 is 0. The van der Waals surface area contributed by atoms with Crippen molar-refractivity contribution in [2.75, 3.05) is 46.9 Å². The summed E-state index contributed by atoms with van der Waals surface area (Å²) in [4.78, 5) is 45.5. The van der Waals surface area contributed by atoms with Crippen molar-refractivity contribution >= 4 is 17.7 Å². The van der Waals surface area contributed by atoms with E-state index >= 15 is 0 Å². The van der Waals surface area contributed by atoms with E-state index in [1.54, 1.807) is 12.0 Å². The van der Waals surface area contributed by atoms with E-state index in [4.69, 9.17) is 4.74 Å². The number of likely N-dealkylation sites (tertiary alicyclic amines) is 2. The number of rotatable bonds is 11. The Hall–Kier alpha value is -2.25. The maximum atomic E-state index is 13.7. The van der Waals surface area contributed by atoms with Crippen molar-refractivity contribution in [1.82, 2.24) is 14.7 Å². The highest BCUT2D eigenvalue weighted by molar-refractivity contribution is 6.10. The van der Waals surface area contributed by atoms with Gasteiger partial charge in [0.2, 0.25) is 17.7 Å². The lowest BCUT2D eigenvalue weighted by Crippen LogP contribution is -2.44. The smallest absolute Gasteiger partial charge is 0.240 e. The first-order valence-electron chi connectivity index (χ1n) is 12.2. The standard InChI is InChI=1S/C26H39N3O4/c1-20-10-5-6-11-22(20)26(19-24(31)29(25(26)32)15-9-17-33-4)18-23(30)27(3)16-12-21(2)28-13-7-8-14-28/h5-6,10-11,21H,7-9,12-19H2,1-4H3/t21-,26-/m0/s1. The summed E-state index contributed by atoms with van der Waals surface area (Å²) in [5.74, 6) is -0.561. The number of nitrogens with zero attached hydrogens (tertiary/aromatic N) is 3. The zero-order chi connectivity index (χ0) is 24.0. The quantitative estimate of drug-likeness (QED) is 0.378. The van der Waals surface area contributed by atoms with E-state index in [0.717, 1.165) is 30.6 Å². The molecule has 7 nitrogen and oxygen atoms in total. The van der Waals surface area contributed by atoms with Crippen LogP contribution in [0.1, 0.15) is 56.6 Å². The molecule has 0 bridgehead atoms. The Kier molecular flexibility index (Phi) is 8.65. The number of hydrogen-bond acceptors (Lipinski definition) is 5. The number of ether oxygens (including phenoxy) is 1. The van der Waals surface area contributed by atoms with Gasteiger partial charge < -0.3 is 14.5 Å². The molecule has 2 aliphatic rings. The van der Waals surface area contributed by atoms with Crippen molar-refractivity contribution in [3.05, 3.63) is 35.4 Å². The Balaban J connectivity index is 1.76. The van der Waals surface area contributed by atoms with E-state index in [9.17, 15) is 14.4 Å². The van der Waals surface area contributed by atoms with Crippen molar-refractivity contribution in [2.45, 2.75) is 63.8 Å². The maximum absolute atomic E-state index is 13.7. The van der Waals surface area contributed by atoms with E-state index in [1.165, 1.54) is 17.7 Å². The summed E-state index contributed by atoms with van der Waals surface area (Å²) < 4.78 is 5.09. The molecule has 33 heavy (non-hydrogen) atoms. The minimum Gasteiger partial charge on any atom is -0.385 e. The third-order valence-corrected chi connectivity index (χ3v) is 7.32. The molecule has 0 unspecified atom stereocenters. The average Bonchev–Trinajstić information content (AvgIpc) is 3.41. The average molecular weight is 458 g/mol. The Morgan fingerprint density at radius 2 is 1.91 bits per heavy atom. The van der Waals surface area contributed by atoms with Crippen LogP contribution in [0.25, 0.3) is 0 Å². The molecule has 0 spiro atoms. The van der Waals surface area contributed by atoms with Crippen molar-refractivity contribution in [3.8, 4) is 0 Å². The molecule has 7 heteroatoms. The van der Waals surface area contributed by atoms with E-state index in [-0.39, 0.29) is 30.6 Å². The van der Waals surface area contributed by atoms with E-state index in [0.29, 0.717) is 32.2 Å². The molecule has 2 atom stereocenters. The molecule has 3 amide bonds. The van der Waals surface area contributed by atoms with Gasteiger partial charge in [-0.15, -0.1) is 0 Å². The van der Waals surface area contributed by atoms with Gasteiger partial charge in [-0.1, -0.05) is 24.3 Å². The minimum absolute atomic E-state index is 0.0117. The van der Waals surface area contributed by atoms with E-state index < -0.39 is 5.41 Å². The van der Waals surface area contributed by atoms with Crippen LogP contribution in [0.15, 0.2) is 24.3 Å². The Morgan fingerprint density at radius 1 is 1.21 bits per heavy atom. The fourth-order valence-corrected chi connectivity index (χ4v) is 5.21. The molecule has 1 aromatic carbocycles. The lowest BCUT2D eigenvalue weighted by Gasteiger charge is -2.31. The molecule has 0 aromatic heterocycles. The van der Waals surface area contributed by atoms with Gasteiger partial charge in [0.05, 0.1) is 5.41 Å². The van der Waals surface area contributed by atoms with Gasteiger partial charge in [0.25, 0.3) is 0 Å². The van der Waals surface area contributed by atoms with Gasteiger partial charge in [0.15, 0.2) is 0 Å². The topological polar surface area (TPSA) is 70.2 Å². The van der Waals surface area contributed by atoms with Gasteiger partial charge in [-0.2, -0.15) is 0 Å². The number of carbonyl (C=O) groups is 3. The van der Waals surface area contributed by atoms with Crippen LogP contribution < -0.4 is 0 Å². The Labute approximate surface area is 198 Å². The largest absolute Gasteiger partial charge is 0.385 e. The highest BCUT2D eigenvalue weighted by atomic mass is 16.5. The van der Waals surface area contributed by atoms with E-state index in [1.807, 2.05) is 38.2 Å². The molecule has 0 saturated carbocycles. The fraction of sp³-hybridized carbons (Fsp3) is 0.654. The minimum atomic E-state index is -1.14. The third-order valence-electron chi connectivity index (χ3n) is 7.32. The second kappa shape index (κ2) is 11.3. The Bertz CT molecular complexity index is 852. The van der Waals surface area contributed by atoms with Gasteiger partial charge in [-0.25, -0.2) is 0 Å². The van der Waals surface area contributed by atoms with E-state index in [2.05, 4.69) is 11.8 Å². The predicted octanol–water partition coefficient (Wildman–Crippen LogP) is 2.75. The number of methoxy groups -OCH3 is 1. The number of imide groups is 1. The molecule has 1 aromatic rings. The number of aryl methyl sites for hydroxylation is 1. The summed E-state index contributed by atoms with van der Waals surface area (Å²) in [6, 6.07) is 8.05. The monoisotopic (exact) mass is 457 g/mol. The normalized spacial score (nSPS) is 22.2. The lowest BCUT2D eigenvalue weighted by molar-refractivity contribution is -0.142. The van der Waals surface area contributed by atoms with Gasteiger partial charge in [-0.05, 0) is 63.7 Å². The van der Waals surface area contributed by atoms with Gasteiger partial charge >= 0.3 is 0 Å². The molecule has 0 N–H and O–H groups in total. The Morgan fingerprint density at radius 3 is 2.58 bits per heavy atom. The summed E-state index contributed by atoms with van der Waals surface area (Å²) in [7, 11) is 3.41. The molecule has 0 radical (unpaired) electrons. The molecule has 2 aliphatic heterocycles. The summed E-state index contributed by atoms with van der Waals surface area (Å²) in [6.45, 7) is 7.85. The van der Waals surface area contributed by atoms with Gasteiger partial charge in [-0.3, -0.25) is 19.3 Å². The number of benzene rings is 1. The predicted molar refractivity (Wildman–Crippen MR) is 128 cm³/mol. The van der Waals surface area contributed by atoms with Crippen LogP contribution in [-0.2, 0) is 24.5 Å². The maximum Gasteiger partial charge on any atom is 0.240 e. The van der Waals surface area contributed by atoms with Gasteiger partial charge in [0.1, 0.15) is 0 Å². The van der Waals surface area contributed by atoms with Crippen LogP contribution in [0.5, 0.6) is 0 Å². The third kappa shape index (κ3) is 5.64. The molecule has 2 saturated heterocycles. The first kappa shape index (κ1) is 25.4. The number of amides is 3. The zero-order valence-corrected chi connectivity index (χ0v) is 20.6. The van der Waals surface area contributed by atoms with Gasteiger partial charge in [0, 0.05) is 52.7 Å². The van der Waals surface area contributed by atoms with Crippen LogP contribution in [0.4, 0.5) is 0 Å². The van der Waals surface area contributed by atoms with Crippen LogP contribution in [0.2, 0.25) is 0 Å². The second-order valence-corrected chi connectivity index (χ2v) is 9.64. The SMILES string of the molecule is COCCCN1C(=O)C[C@@](CC(=O)N(C)CC[C@H](C)N2CCCC2)(c2ccccc2C)C1=O. The lowest BCUT2D eigenvalue weighted by atomic mass is 9.74. The van der Waals surface area contributed by atoms with Crippen molar-refractivity contribution in [2.24, 2.45) is 0 Å². The number of hydrogen-bond donors (Lipinski definition) is 0. The number of carbonyl (C=O) groups excluding carboxylic acids is 3. The molecular formula is C26H39N3O4. The first-order valence-corrected chi connectivity index (χ1v) is 12.2. The van der Waals surface area contributed by atoms with Crippen LogP contribution in [0.3, 0.4) is 0 Å². The summed E-state index contributed by atoms with van der Waals surface area (Å²) in [6.07, 6.45) is 4.02. The summed E-state index contributed by atoms with van der Waals surface area (Å²) in [5, 5.41) is 0. The molecule has 3 rings (SSSR count).